The van der Waals surface area contributed by atoms with Gasteiger partial charge >= 0.3 is 0 Å². The van der Waals surface area contributed by atoms with Crippen LogP contribution in [0.1, 0.15) is 47.0 Å². The third-order valence-electron chi connectivity index (χ3n) is 3.17. The Bertz CT molecular complexity index is 280. The maximum Gasteiger partial charge on any atom is 0.0844 e. The van der Waals surface area contributed by atoms with Gasteiger partial charge in [-0.15, -0.1) is 0 Å². The monoisotopic (exact) mass is 250 g/mol. The summed E-state index contributed by atoms with van der Waals surface area (Å²) >= 11 is -2.49. The van der Waals surface area contributed by atoms with Gasteiger partial charge in [0.2, 0.25) is 0 Å². The van der Waals surface area contributed by atoms with Gasteiger partial charge in [0.15, 0.2) is 0 Å². The number of rotatable bonds is 2. The molecule has 0 amide bonds. The van der Waals surface area contributed by atoms with Crippen molar-refractivity contribution >= 4 is 11.4 Å². The molecule has 1 aliphatic heterocycles. The molecule has 5 nitrogen and oxygen atoms in total. The molecule has 1 fully saturated rings. The van der Waals surface area contributed by atoms with Crippen molar-refractivity contribution in [2.75, 3.05) is 0 Å². The molecule has 1 rings (SSSR count). The second-order valence-electron chi connectivity index (χ2n) is 5.60. The van der Waals surface area contributed by atoms with Crippen LogP contribution in [0.4, 0.5) is 0 Å². The van der Waals surface area contributed by atoms with E-state index in [1.165, 1.54) is 5.06 Å². The summed E-state index contributed by atoms with van der Waals surface area (Å²) in [6.45, 7) is 7.63. The van der Waals surface area contributed by atoms with Crippen molar-refractivity contribution in [1.82, 2.24) is 5.06 Å². The molecule has 2 atom stereocenters. The van der Waals surface area contributed by atoms with Gasteiger partial charge in [0.1, 0.15) is 0 Å². The lowest BCUT2D eigenvalue weighted by Gasteiger charge is -2.42. The van der Waals surface area contributed by atoms with Crippen molar-refractivity contribution in [1.29, 1.82) is 0 Å². The van der Waals surface area contributed by atoms with Crippen LogP contribution >= 0.6 is 0 Å². The number of hydroxylamine groups is 2. The van der Waals surface area contributed by atoms with Crippen LogP contribution in [0.5, 0.6) is 0 Å². The summed E-state index contributed by atoms with van der Waals surface area (Å²) in [5.41, 5.74) is -0.865. The van der Waals surface area contributed by atoms with Crippen molar-refractivity contribution in [3.63, 3.8) is 0 Å². The summed E-state index contributed by atoms with van der Waals surface area (Å²) in [4.78, 5) is 0. The smallest absolute Gasteiger partial charge is 0.0844 e. The molecule has 1 saturated heterocycles. The average molecular weight is 250 g/mol. The van der Waals surface area contributed by atoms with Gasteiger partial charge in [-0.1, -0.05) is 0 Å². The van der Waals surface area contributed by atoms with Gasteiger partial charge in [-0.3, -0.25) is 4.18 Å². The lowest BCUT2D eigenvalue weighted by molar-refractivity contribution is -0.222. The molecule has 2 unspecified atom stereocenters. The van der Waals surface area contributed by atoms with Crippen LogP contribution in [0, 0.1) is 0 Å². The second-order valence-corrected chi connectivity index (χ2v) is 6.20. The highest BCUT2D eigenvalue weighted by molar-refractivity contribution is 7.74. The molecule has 0 aromatic carbocycles. The molecule has 1 N–H and O–H groups in total. The molecule has 96 valence electrons. The topological polar surface area (TPSA) is 72.8 Å². The van der Waals surface area contributed by atoms with Crippen molar-refractivity contribution in [2.24, 2.45) is 0 Å². The van der Waals surface area contributed by atoms with Gasteiger partial charge in [-0.05, 0) is 47.0 Å². The minimum atomic E-state index is -2.49. The maximum atomic E-state index is 10.5. The van der Waals surface area contributed by atoms with Gasteiger partial charge in [0.25, 0.3) is 0 Å². The molecule has 0 aliphatic carbocycles. The standard InChI is InChI=1S/C10H21NO4S/c1-9(2)6-5-8(15-16(13)14)7-10(3,4)11(9)12/h8,12H,5-7H2,1-4H3,(H,13,14)/p-1. The number of hydrogen-bond donors (Lipinski definition) is 1. The van der Waals surface area contributed by atoms with E-state index in [1.54, 1.807) is 0 Å². The molecule has 0 saturated carbocycles. The summed E-state index contributed by atoms with van der Waals surface area (Å²) in [5.74, 6) is 0. The van der Waals surface area contributed by atoms with E-state index < -0.39 is 16.9 Å². The highest BCUT2D eigenvalue weighted by atomic mass is 32.2. The first-order valence-electron chi connectivity index (χ1n) is 5.41. The van der Waals surface area contributed by atoms with Gasteiger partial charge in [0, 0.05) is 11.1 Å². The number of nitrogens with zero attached hydrogens (tertiary/aromatic N) is 1. The summed E-state index contributed by atoms with van der Waals surface area (Å²) in [6.07, 6.45) is 1.45. The van der Waals surface area contributed by atoms with Crippen molar-refractivity contribution in [3.05, 3.63) is 0 Å². The van der Waals surface area contributed by atoms with Crippen molar-refractivity contribution in [3.8, 4) is 0 Å². The molecule has 0 radical (unpaired) electrons. The molecular weight excluding hydrogens is 230 g/mol. The van der Waals surface area contributed by atoms with Crippen LogP contribution in [0.15, 0.2) is 0 Å². The highest BCUT2D eigenvalue weighted by Crippen LogP contribution is 2.36. The molecular formula is C10H20NO4S-. The van der Waals surface area contributed by atoms with E-state index in [1.807, 2.05) is 27.7 Å². The Morgan fingerprint density at radius 1 is 1.38 bits per heavy atom. The van der Waals surface area contributed by atoms with Gasteiger partial charge < -0.3 is 9.76 Å². The fraction of sp³-hybridized carbons (Fsp3) is 1.00. The molecule has 1 heterocycles. The Balaban J connectivity index is 2.83. The lowest BCUT2D eigenvalue weighted by Crippen LogP contribution is -2.52. The van der Waals surface area contributed by atoms with Gasteiger partial charge in [0.05, 0.1) is 17.5 Å². The SMILES string of the molecule is CC1(C)CCC(OS(=O)[O-])CC(C)(C)N1O. The lowest BCUT2D eigenvalue weighted by atomic mass is 9.95. The zero-order valence-corrected chi connectivity index (χ0v) is 11.0. The first-order valence-corrected chi connectivity index (χ1v) is 6.41. The summed E-state index contributed by atoms with van der Waals surface area (Å²) in [5, 5.41) is 11.4. The fourth-order valence-electron chi connectivity index (χ4n) is 2.38. The van der Waals surface area contributed by atoms with E-state index in [-0.39, 0.29) is 11.6 Å². The van der Waals surface area contributed by atoms with E-state index in [9.17, 15) is 14.0 Å². The van der Waals surface area contributed by atoms with Crippen LogP contribution < -0.4 is 0 Å². The zero-order chi connectivity index (χ0) is 12.6. The second kappa shape index (κ2) is 4.70. The fourth-order valence-corrected chi connectivity index (χ4v) is 2.76. The quantitative estimate of drug-likeness (QED) is 0.754. The van der Waals surface area contributed by atoms with Crippen molar-refractivity contribution in [2.45, 2.75) is 64.1 Å². The molecule has 6 heteroatoms. The largest absolute Gasteiger partial charge is 0.750 e. The van der Waals surface area contributed by atoms with Crippen molar-refractivity contribution < 1.29 is 18.2 Å². The normalized spacial score (nSPS) is 32.0. The van der Waals surface area contributed by atoms with Crippen LogP contribution in [0.2, 0.25) is 0 Å². The maximum absolute atomic E-state index is 10.5. The Morgan fingerprint density at radius 3 is 2.44 bits per heavy atom. The molecule has 0 aromatic rings. The minimum absolute atomic E-state index is 0.357. The van der Waals surface area contributed by atoms with Crippen LogP contribution in [-0.2, 0) is 15.5 Å². The summed E-state index contributed by atoms with van der Waals surface area (Å²) < 4.78 is 25.9. The van der Waals surface area contributed by atoms with E-state index in [0.29, 0.717) is 19.3 Å². The molecule has 16 heavy (non-hydrogen) atoms. The van der Waals surface area contributed by atoms with Crippen LogP contribution in [0.25, 0.3) is 0 Å². The molecule has 0 spiro atoms. The third-order valence-corrected chi connectivity index (χ3v) is 3.60. The third kappa shape index (κ3) is 3.24. The van der Waals surface area contributed by atoms with Crippen LogP contribution in [0.3, 0.4) is 0 Å². The summed E-state index contributed by atoms with van der Waals surface area (Å²) in [7, 11) is 0. The first-order chi connectivity index (χ1) is 7.15. The Kier molecular flexibility index (Phi) is 4.13. The van der Waals surface area contributed by atoms with Gasteiger partial charge in [-0.25, -0.2) is 4.21 Å². The predicted molar refractivity (Wildman–Crippen MR) is 59.4 cm³/mol. The van der Waals surface area contributed by atoms with E-state index in [0.717, 1.165) is 0 Å². The van der Waals surface area contributed by atoms with E-state index >= 15 is 0 Å². The Hall–Kier alpha value is -0.0100. The predicted octanol–water partition coefficient (Wildman–Crippen LogP) is 1.60. The molecule has 0 bridgehead atoms. The zero-order valence-electron chi connectivity index (χ0n) is 10.2. The van der Waals surface area contributed by atoms with Gasteiger partial charge in [-0.2, -0.15) is 5.06 Å². The Labute approximate surface area is 99.2 Å². The molecule has 0 aromatic heterocycles. The van der Waals surface area contributed by atoms with E-state index in [2.05, 4.69) is 0 Å². The highest BCUT2D eigenvalue weighted by Gasteiger charge is 2.42. The average Bonchev–Trinajstić information content (AvgIpc) is 2.17. The Morgan fingerprint density at radius 2 is 1.94 bits per heavy atom. The first kappa shape index (κ1) is 14.1. The molecule has 1 aliphatic rings. The van der Waals surface area contributed by atoms with E-state index in [4.69, 9.17) is 4.18 Å². The van der Waals surface area contributed by atoms with Crippen LogP contribution in [-0.4, -0.2) is 36.2 Å². The number of hydrogen-bond acceptors (Lipinski definition) is 5. The minimum Gasteiger partial charge on any atom is -0.750 e. The summed E-state index contributed by atoms with van der Waals surface area (Å²) in [6, 6.07) is 0.